The van der Waals surface area contributed by atoms with Gasteiger partial charge in [-0.15, -0.1) is 0 Å². The van der Waals surface area contributed by atoms with Crippen LogP contribution in [0.25, 0.3) is 0 Å². The molecule has 0 spiro atoms. The van der Waals surface area contributed by atoms with Gasteiger partial charge in [0.2, 0.25) is 0 Å². The molecule has 0 heterocycles. The van der Waals surface area contributed by atoms with Crippen LogP contribution >= 0.6 is 28.1 Å². The summed E-state index contributed by atoms with van der Waals surface area (Å²) in [4.78, 5) is 0.605. The van der Waals surface area contributed by atoms with Gasteiger partial charge in [0.25, 0.3) is 0 Å². The summed E-state index contributed by atoms with van der Waals surface area (Å²) >= 11 is 8.38. The molecule has 0 aromatic heterocycles. The molecule has 0 aliphatic rings. The predicted octanol–water partition coefficient (Wildman–Crippen LogP) is 3.37. The second-order valence-electron chi connectivity index (χ2n) is 3.41. The molecule has 0 amide bonds. The zero-order valence-electron chi connectivity index (χ0n) is 8.22. The van der Waals surface area contributed by atoms with Crippen LogP contribution in [-0.2, 0) is 6.42 Å². The fraction of sp³-hybridized carbons (Fsp3) is 0.364. The average Bonchev–Trinajstić information content (AvgIpc) is 2.08. The van der Waals surface area contributed by atoms with Crippen LogP contribution < -0.4 is 5.73 Å². The molecule has 1 aromatic carbocycles. The smallest absolute Gasteiger partial charge is 0.0727 e. The number of hydrogen-bond donors (Lipinski definition) is 1. The predicted molar refractivity (Wildman–Crippen MR) is 68.6 cm³/mol. The fourth-order valence-electron chi connectivity index (χ4n) is 1.31. The highest BCUT2D eigenvalue weighted by Crippen LogP contribution is 2.20. The normalized spacial score (nSPS) is 10.1. The maximum atomic E-state index is 5.44. The van der Waals surface area contributed by atoms with E-state index in [2.05, 4.69) is 41.1 Å². The first-order chi connectivity index (χ1) is 6.59. The minimum absolute atomic E-state index is 0.605. The molecule has 0 saturated heterocycles. The topological polar surface area (TPSA) is 26.0 Å². The Balaban J connectivity index is 2.55. The Morgan fingerprint density at radius 3 is 2.79 bits per heavy atom. The number of rotatable bonds is 4. The van der Waals surface area contributed by atoms with Crippen LogP contribution in [0.3, 0.4) is 0 Å². The molecule has 1 nitrogen and oxygen atoms in total. The van der Waals surface area contributed by atoms with Gasteiger partial charge >= 0.3 is 0 Å². The summed E-state index contributed by atoms with van der Waals surface area (Å²) in [5.41, 5.74) is 8.04. The van der Waals surface area contributed by atoms with E-state index >= 15 is 0 Å². The van der Waals surface area contributed by atoms with Crippen LogP contribution in [0.2, 0.25) is 0 Å². The van der Waals surface area contributed by atoms with Crippen molar-refractivity contribution in [3.05, 3.63) is 33.8 Å². The number of aryl methyl sites for hydroxylation is 2. The molecule has 3 heteroatoms. The lowest BCUT2D eigenvalue weighted by Gasteiger charge is -2.04. The molecule has 0 radical (unpaired) electrons. The molecule has 14 heavy (non-hydrogen) atoms. The van der Waals surface area contributed by atoms with Gasteiger partial charge in [-0.05, 0) is 43.4 Å². The van der Waals surface area contributed by atoms with Gasteiger partial charge < -0.3 is 5.73 Å². The zero-order valence-corrected chi connectivity index (χ0v) is 10.6. The number of thiocarbonyl (C=S) groups is 1. The van der Waals surface area contributed by atoms with Crippen molar-refractivity contribution in [1.82, 2.24) is 0 Å². The van der Waals surface area contributed by atoms with Gasteiger partial charge in [0.1, 0.15) is 0 Å². The number of benzene rings is 1. The van der Waals surface area contributed by atoms with Crippen LogP contribution in [0.4, 0.5) is 0 Å². The largest absolute Gasteiger partial charge is 0.393 e. The SMILES string of the molecule is Cc1ccc(CCCC(N)=S)c(Br)c1. The van der Waals surface area contributed by atoms with Crippen molar-refractivity contribution < 1.29 is 0 Å². The van der Waals surface area contributed by atoms with E-state index in [1.165, 1.54) is 15.6 Å². The quantitative estimate of drug-likeness (QED) is 0.850. The Kier molecular flexibility index (Phi) is 4.55. The molecule has 76 valence electrons. The third kappa shape index (κ3) is 3.76. The van der Waals surface area contributed by atoms with Crippen LogP contribution in [0.1, 0.15) is 24.0 Å². The number of halogens is 1. The maximum absolute atomic E-state index is 5.44. The van der Waals surface area contributed by atoms with Crippen molar-refractivity contribution in [3.63, 3.8) is 0 Å². The Morgan fingerprint density at radius 1 is 1.50 bits per heavy atom. The van der Waals surface area contributed by atoms with Crippen molar-refractivity contribution in [3.8, 4) is 0 Å². The van der Waals surface area contributed by atoms with Gasteiger partial charge in [0, 0.05) is 4.47 Å². The summed E-state index contributed by atoms with van der Waals surface area (Å²) < 4.78 is 1.18. The Labute approximate surface area is 98.8 Å². The first-order valence-electron chi connectivity index (χ1n) is 4.63. The monoisotopic (exact) mass is 271 g/mol. The summed E-state index contributed by atoms with van der Waals surface area (Å²) in [6.45, 7) is 2.09. The third-order valence-corrected chi connectivity index (χ3v) is 3.02. The van der Waals surface area contributed by atoms with E-state index in [-0.39, 0.29) is 0 Å². The molecule has 0 saturated carbocycles. The van der Waals surface area contributed by atoms with Crippen molar-refractivity contribution in [1.29, 1.82) is 0 Å². The summed E-state index contributed by atoms with van der Waals surface area (Å²) in [6.07, 6.45) is 2.88. The van der Waals surface area contributed by atoms with Gasteiger partial charge in [-0.3, -0.25) is 0 Å². The minimum Gasteiger partial charge on any atom is -0.393 e. The van der Waals surface area contributed by atoms with E-state index in [1.54, 1.807) is 0 Å². The van der Waals surface area contributed by atoms with E-state index in [4.69, 9.17) is 18.0 Å². The summed E-state index contributed by atoms with van der Waals surface area (Å²) in [6, 6.07) is 6.41. The van der Waals surface area contributed by atoms with E-state index in [1.807, 2.05) is 0 Å². The molecule has 1 rings (SSSR count). The van der Waals surface area contributed by atoms with Gasteiger partial charge in [0.05, 0.1) is 4.99 Å². The number of nitrogens with two attached hydrogens (primary N) is 1. The summed E-state index contributed by atoms with van der Waals surface area (Å²) in [7, 11) is 0. The second-order valence-corrected chi connectivity index (χ2v) is 4.79. The average molecular weight is 272 g/mol. The molecular weight excluding hydrogens is 258 g/mol. The van der Waals surface area contributed by atoms with E-state index < -0.39 is 0 Å². The second kappa shape index (κ2) is 5.47. The summed E-state index contributed by atoms with van der Waals surface area (Å²) in [5, 5.41) is 0. The van der Waals surface area contributed by atoms with Crippen molar-refractivity contribution in [2.75, 3.05) is 0 Å². The van der Waals surface area contributed by atoms with Gasteiger partial charge in [-0.25, -0.2) is 0 Å². The van der Waals surface area contributed by atoms with Crippen LogP contribution in [-0.4, -0.2) is 4.99 Å². The maximum Gasteiger partial charge on any atom is 0.0727 e. The van der Waals surface area contributed by atoms with Crippen molar-refractivity contribution in [2.45, 2.75) is 26.2 Å². The minimum atomic E-state index is 0.605. The molecule has 1 aromatic rings. The van der Waals surface area contributed by atoms with Gasteiger partial charge in [-0.2, -0.15) is 0 Å². The van der Waals surface area contributed by atoms with E-state index in [0.717, 1.165) is 19.3 Å². The summed E-state index contributed by atoms with van der Waals surface area (Å²) in [5.74, 6) is 0. The third-order valence-electron chi connectivity index (χ3n) is 2.08. The molecule has 0 atom stereocenters. The van der Waals surface area contributed by atoms with Gasteiger partial charge in [-0.1, -0.05) is 40.3 Å². The highest BCUT2D eigenvalue weighted by atomic mass is 79.9. The number of hydrogen-bond acceptors (Lipinski definition) is 1. The first kappa shape index (κ1) is 11.7. The molecule has 0 fully saturated rings. The van der Waals surface area contributed by atoms with Crippen molar-refractivity contribution in [2.24, 2.45) is 5.73 Å². The standard InChI is InChI=1S/C11H14BrNS/c1-8-5-6-9(10(12)7-8)3-2-4-11(13)14/h5-7H,2-4H2,1H3,(H2,13,14). The fourth-order valence-corrected chi connectivity index (χ4v) is 2.14. The molecule has 0 bridgehead atoms. The highest BCUT2D eigenvalue weighted by Gasteiger charge is 2.00. The zero-order chi connectivity index (χ0) is 10.6. The van der Waals surface area contributed by atoms with Crippen LogP contribution in [0.5, 0.6) is 0 Å². The highest BCUT2D eigenvalue weighted by molar-refractivity contribution is 9.10. The van der Waals surface area contributed by atoms with E-state index in [0.29, 0.717) is 4.99 Å². The van der Waals surface area contributed by atoms with Crippen LogP contribution in [0, 0.1) is 6.92 Å². The lowest BCUT2D eigenvalue weighted by molar-refractivity contribution is 0.864. The molecule has 0 aliphatic heterocycles. The van der Waals surface area contributed by atoms with Gasteiger partial charge in [0.15, 0.2) is 0 Å². The molecule has 0 aliphatic carbocycles. The van der Waals surface area contributed by atoms with E-state index in [9.17, 15) is 0 Å². The Bertz CT molecular complexity index is 336. The molecule has 0 unspecified atom stereocenters. The lowest BCUT2D eigenvalue weighted by Crippen LogP contribution is -2.07. The Morgan fingerprint density at radius 2 is 2.21 bits per heavy atom. The first-order valence-corrected chi connectivity index (χ1v) is 5.83. The Hall–Kier alpha value is -0.410. The lowest BCUT2D eigenvalue weighted by atomic mass is 10.1. The van der Waals surface area contributed by atoms with Crippen LogP contribution in [0.15, 0.2) is 22.7 Å². The van der Waals surface area contributed by atoms with Crippen molar-refractivity contribution >= 4 is 33.1 Å². The molecule has 2 N–H and O–H groups in total. The molecular formula is C11H14BrNS.